The van der Waals surface area contributed by atoms with E-state index in [9.17, 15) is 98.3 Å². The minimum atomic E-state index is -5.88. The first kappa shape index (κ1) is 99.8. The molecule has 36 heteroatoms. The van der Waals surface area contributed by atoms with Crippen LogP contribution in [0.15, 0.2) is 85.1 Å². The summed E-state index contributed by atoms with van der Waals surface area (Å²) in [5, 5.41) is 0. The van der Waals surface area contributed by atoms with Crippen LogP contribution in [0.3, 0.4) is 0 Å². The van der Waals surface area contributed by atoms with Crippen LogP contribution in [0.2, 0.25) is 0 Å². The van der Waals surface area contributed by atoms with Gasteiger partial charge in [0.15, 0.2) is 0 Å². The maximum atomic E-state index is 12.7. The molecule has 0 amide bonds. The van der Waals surface area contributed by atoms with Crippen molar-refractivity contribution in [1.82, 2.24) is 0 Å². The number of ether oxygens (including phenoxy) is 15. The number of fused-ring (bicyclic) bond motifs is 17. The van der Waals surface area contributed by atoms with Gasteiger partial charge in [-0.05, 0) is 226 Å². The van der Waals surface area contributed by atoms with Crippen molar-refractivity contribution in [2.75, 3.05) is 26.4 Å². The highest BCUT2D eigenvalue weighted by molar-refractivity contribution is 5.92. The Balaban J connectivity index is 0.000000117. The van der Waals surface area contributed by atoms with Gasteiger partial charge in [0.25, 0.3) is 6.10 Å². The highest BCUT2D eigenvalue weighted by Gasteiger charge is 2.74. The lowest BCUT2D eigenvalue weighted by molar-refractivity contribution is -0.315. The van der Waals surface area contributed by atoms with Crippen LogP contribution in [0, 0.1) is 159 Å². The molecule has 7 saturated heterocycles. The molecule has 35 atom stereocenters. The Hall–Kier alpha value is -10.2. The van der Waals surface area contributed by atoms with E-state index < -0.39 is 83.4 Å². The van der Waals surface area contributed by atoms with E-state index in [0.717, 1.165) is 116 Å². The summed E-state index contributed by atoms with van der Waals surface area (Å²) in [5.74, 6) is -5.23. The number of cyclic esters (lactones) is 3. The summed E-state index contributed by atoms with van der Waals surface area (Å²) in [6.45, 7) is 41.9. The van der Waals surface area contributed by atoms with Crippen molar-refractivity contribution in [2.24, 2.45) is 159 Å². The van der Waals surface area contributed by atoms with Gasteiger partial charge in [-0.3, -0.25) is 38.4 Å². The Morgan fingerprint density at radius 1 is 0.409 bits per heavy atom. The van der Waals surface area contributed by atoms with Crippen LogP contribution >= 0.6 is 0 Å². The summed E-state index contributed by atoms with van der Waals surface area (Å²) < 4.78 is 155. The Labute approximate surface area is 788 Å². The van der Waals surface area contributed by atoms with Gasteiger partial charge in [0, 0.05) is 110 Å². The van der Waals surface area contributed by atoms with Crippen molar-refractivity contribution in [3.8, 4) is 0 Å². The second-order valence-electron chi connectivity index (χ2n) is 43.3. The molecule has 15 saturated carbocycles. The van der Waals surface area contributed by atoms with Crippen LogP contribution in [0.5, 0.6) is 0 Å². The average molecular weight is 1930 g/mol. The zero-order valence-corrected chi connectivity index (χ0v) is 78.4. The molecule has 1 spiro atoms. The monoisotopic (exact) mass is 1930 g/mol. The Kier molecular flexibility index (Phi) is 27.3. The van der Waals surface area contributed by atoms with E-state index >= 15 is 0 Å². The molecule has 35 unspecified atom stereocenters. The first-order valence-corrected chi connectivity index (χ1v) is 48.0. The lowest BCUT2D eigenvalue weighted by atomic mass is 9.69. The molecule has 748 valence electrons. The van der Waals surface area contributed by atoms with E-state index in [0.29, 0.717) is 131 Å². The molecule has 22 fully saturated rings. The first-order valence-electron chi connectivity index (χ1n) is 48.0. The Bertz CT molecular complexity index is 5030. The summed E-state index contributed by atoms with van der Waals surface area (Å²) in [4.78, 5) is 177. The van der Waals surface area contributed by atoms with E-state index in [1.54, 1.807) is 41.5 Å². The van der Waals surface area contributed by atoms with Crippen molar-refractivity contribution < 1.29 is 169 Å². The number of esters is 15. The molecular weight excluding hydrogens is 1810 g/mol. The van der Waals surface area contributed by atoms with E-state index in [2.05, 4.69) is 50.8 Å². The quantitative estimate of drug-likeness (QED) is 0.0501. The van der Waals surface area contributed by atoms with Gasteiger partial charge < -0.3 is 71.1 Å². The minimum absolute atomic E-state index is 0.0167. The molecule has 137 heavy (non-hydrogen) atoms. The van der Waals surface area contributed by atoms with Crippen LogP contribution in [0.25, 0.3) is 0 Å². The number of hydrogen-bond donors (Lipinski definition) is 0. The molecular formula is C101H122F6O30. The number of carbonyl (C=O) groups excluding carboxylic acids is 15. The highest BCUT2D eigenvalue weighted by Crippen LogP contribution is 2.67. The molecule has 22 aliphatic rings. The van der Waals surface area contributed by atoms with E-state index in [-0.39, 0.29) is 185 Å². The Morgan fingerprint density at radius 2 is 0.891 bits per heavy atom. The maximum absolute atomic E-state index is 12.7. The van der Waals surface area contributed by atoms with Gasteiger partial charge in [0.1, 0.15) is 60.0 Å². The van der Waals surface area contributed by atoms with Gasteiger partial charge in [0.05, 0.1) is 73.3 Å². The number of alkyl halides is 6. The van der Waals surface area contributed by atoms with E-state index in [4.69, 9.17) is 66.3 Å². The summed E-state index contributed by atoms with van der Waals surface area (Å²) in [6.07, 6.45) is -0.856. The molecule has 7 heterocycles. The van der Waals surface area contributed by atoms with Crippen LogP contribution in [0.1, 0.15) is 184 Å². The predicted molar refractivity (Wildman–Crippen MR) is 458 cm³/mol. The standard InChI is InChI=1S/C17H22O4.C16H14F6O6.C15H20O4.C14H18O4.3C13H16O4/c1-9(2)15(18)21-17(5-3-4-6-17)14-10-7-11-12(8-10)20-16(19)13(11)14;1-4(2)11(23)26-9-6-3-5-7(12(24)27-10(5)9)8(6)13(25)28-14(15(17,18)19)16(20,21)22;1-7(2)13(16)19-15(3,4)12-8-5-9-10(6-8)18-14(17)11(9)12;1-8(2)12(15)18-11-6-10-5-9(11)7-14(10)3-4-17-13(14)16;1-6(2)12(14)17-10-4-7-3-8(10)9-5-16-13(15)11(7)9;1-6(2)12(14)17-10-4-7-3-8(10)11-9(7)5-16-13(11)15;1-6(2)12(14)16-5-9-7-3-8-10(4-7)17-13(15)11(8)9/h10-14H,1,3-8H2,2H3;5-10,14H,1,3H2,2H3;8-12H,1,5-6H2,2-4H3;9-11H,1,3-7H2,2H3;3*7-11H,1,3-5H2,2H3. The molecule has 14 bridgehead atoms. The molecule has 0 aromatic carbocycles. The minimum Gasteiger partial charge on any atom is -0.465 e. The fourth-order valence-corrected chi connectivity index (χ4v) is 29.0. The number of rotatable bonds is 19. The van der Waals surface area contributed by atoms with Gasteiger partial charge >= 0.3 is 102 Å². The number of carbonyl (C=O) groups is 15. The van der Waals surface area contributed by atoms with Crippen LogP contribution < -0.4 is 0 Å². The normalized spacial score (nSPS) is 39.8. The maximum Gasteiger partial charge on any atom is 0.434 e. The van der Waals surface area contributed by atoms with Gasteiger partial charge in [0.2, 0.25) is 0 Å². The smallest absolute Gasteiger partial charge is 0.434 e. The number of halogens is 6. The second kappa shape index (κ2) is 37.4. The summed E-state index contributed by atoms with van der Waals surface area (Å²) in [6, 6.07) is 0. The SMILES string of the molecule is C=C(C)C(=O)OC(C)(C)C1C2CC3OC(=O)C1C3C2.C=C(C)C(=O)OC1(C2C3CC4OC(=O)C2C4C3)CCCC1.C=C(C)C(=O)OC1C2CC3C1OC(=O)C3C2C(=O)OC(C(F)(F)F)C(F)(F)F.C=C(C)C(=O)OC1CC2CC1C1C(=O)OCC21.C=C(C)C(=O)OC1CC2CC1C1COC(=O)C21.C=C(C)C(=O)OC1CC2CC1CC21CCOC1=O.C=C(C)C(=O)OCC1C2CC3OC(=O)C1C3C2. The largest absolute Gasteiger partial charge is 0.465 e. The third-order valence-electron chi connectivity index (χ3n) is 34.5. The molecule has 0 aromatic rings. The van der Waals surface area contributed by atoms with E-state index in [1.807, 2.05) is 13.8 Å². The third kappa shape index (κ3) is 18.4. The van der Waals surface area contributed by atoms with Crippen molar-refractivity contribution in [3.63, 3.8) is 0 Å². The van der Waals surface area contributed by atoms with Crippen molar-refractivity contribution in [2.45, 2.75) is 263 Å². The van der Waals surface area contributed by atoms with Crippen LogP contribution in [-0.4, -0.2) is 194 Å². The summed E-state index contributed by atoms with van der Waals surface area (Å²) in [5.41, 5.74) is 1.16. The van der Waals surface area contributed by atoms with Crippen molar-refractivity contribution in [1.29, 1.82) is 0 Å². The molecule has 15 aliphatic carbocycles. The zero-order valence-electron chi connectivity index (χ0n) is 78.4. The third-order valence-corrected chi connectivity index (χ3v) is 34.5. The lowest BCUT2D eigenvalue weighted by Gasteiger charge is -2.41. The van der Waals surface area contributed by atoms with Crippen LogP contribution in [-0.2, 0) is 143 Å². The van der Waals surface area contributed by atoms with Gasteiger partial charge in [-0.15, -0.1) is 0 Å². The van der Waals surface area contributed by atoms with Crippen molar-refractivity contribution in [3.05, 3.63) is 85.1 Å². The van der Waals surface area contributed by atoms with Crippen LogP contribution in [0.4, 0.5) is 26.3 Å². The molecule has 22 rings (SSSR count). The predicted octanol–water partition coefficient (Wildman–Crippen LogP) is 12.8. The van der Waals surface area contributed by atoms with Gasteiger partial charge in [-0.1, -0.05) is 46.1 Å². The number of hydrogen-bond acceptors (Lipinski definition) is 30. The van der Waals surface area contributed by atoms with Gasteiger partial charge in [-0.25, -0.2) is 33.6 Å². The topological polar surface area (TPSA) is 394 Å². The average Bonchev–Trinajstić information content (AvgIpc) is 1.55. The zero-order chi connectivity index (χ0) is 99.3. The summed E-state index contributed by atoms with van der Waals surface area (Å²) >= 11 is 0. The highest BCUT2D eigenvalue weighted by atomic mass is 19.4. The first-order chi connectivity index (χ1) is 64.3. The fourth-order valence-electron chi connectivity index (χ4n) is 29.0. The van der Waals surface area contributed by atoms with Gasteiger partial charge in [-0.2, -0.15) is 26.3 Å². The molecule has 7 aliphatic heterocycles. The lowest BCUT2D eigenvalue weighted by Crippen LogP contribution is -2.49. The van der Waals surface area contributed by atoms with E-state index in [1.165, 1.54) is 6.92 Å². The fraction of sp³-hybridized carbons (Fsp3) is 0.713. The molecule has 0 N–H and O–H groups in total. The van der Waals surface area contributed by atoms with Crippen molar-refractivity contribution >= 4 is 89.5 Å². The molecule has 0 radical (unpaired) electrons. The Morgan fingerprint density at radius 3 is 1.45 bits per heavy atom. The summed E-state index contributed by atoms with van der Waals surface area (Å²) in [7, 11) is 0. The molecule has 30 nitrogen and oxygen atoms in total. The second-order valence-corrected chi connectivity index (χ2v) is 43.3. The molecule has 0 aromatic heterocycles.